The van der Waals surface area contributed by atoms with Crippen LogP contribution in [0.4, 0.5) is 5.69 Å². The van der Waals surface area contributed by atoms with Crippen LogP contribution in [0.25, 0.3) is 5.69 Å². The number of halogens is 1. The maximum absolute atomic E-state index is 12.8. The fraction of sp³-hybridized carbons (Fsp3) is 0.320. The van der Waals surface area contributed by atoms with Gasteiger partial charge in [0.25, 0.3) is 5.56 Å². The second kappa shape index (κ2) is 9.97. The number of nitrogens with one attached hydrogen (secondary N) is 1. The number of rotatable bonds is 6. The van der Waals surface area contributed by atoms with Gasteiger partial charge in [-0.3, -0.25) is 14.5 Å². The van der Waals surface area contributed by atoms with Crippen molar-refractivity contribution in [2.75, 3.05) is 37.9 Å². The third kappa shape index (κ3) is 4.82. The number of hydrogen-bond acceptors (Lipinski definition) is 7. The van der Waals surface area contributed by atoms with Crippen LogP contribution < -0.4 is 25.2 Å². The fourth-order valence-corrected chi connectivity index (χ4v) is 4.55. The Morgan fingerprint density at radius 3 is 2.60 bits per heavy atom. The van der Waals surface area contributed by atoms with Gasteiger partial charge in [0.2, 0.25) is 12.7 Å². The number of carbonyl (C=O) groups is 1. The van der Waals surface area contributed by atoms with Crippen molar-refractivity contribution in [3.63, 3.8) is 0 Å². The van der Waals surface area contributed by atoms with Crippen molar-refractivity contribution in [1.29, 1.82) is 0 Å². The van der Waals surface area contributed by atoms with Crippen molar-refractivity contribution < 1.29 is 14.3 Å². The Labute approximate surface area is 207 Å². The Kier molecular flexibility index (Phi) is 6.61. The summed E-state index contributed by atoms with van der Waals surface area (Å²) in [6.07, 6.45) is 1.63. The predicted octanol–water partition coefficient (Wildman–Crippen LogP) is 2.44. The number of hydrogen-bond donors (Lipinski definition) is 1. The van der Waals surface area contributed by atoms with Gasteiger partial charge in [-0.15, -0.1) is 0 Å². The molecule has 10 heteroatoms. The summed E-state index contributed by atoms with van der Waals surface area (Å²) < 4.78 is 12.0. The molecule has 0 saturated carbocycles. The molecule has 0 spiro atoms. The second-order valence-electron chi connectivity index (χ2n) is 8.50. The number of para-hydroxylation sites is 1. The molecule has 1 amide bonds. The van der Waals surface area contributed by atoms with E-state index < -0.39 is 0 Å². The van der Waals surface area contributed by atoms with Crippen molar-refractivity contribution in [1.82, 2.24) is 20.0 Å². The van der Waals surface area contributed by atoms with Crippen molar-refractivity contribution in [3.8, 4) is 17.2 Å². The Bertz CT molecular complexity index is 1270. The van der Waals surface area contributed by atoms with Gasteiger partial charge >= 0.3 is 0 Å². The highest BCUT2D eigenvalue weighted by atomic mass is 35.5. The molecule has 1 fully saturated rings. The molecule has 1 atom stereocenters. The quantitative estimate of drug-likeness (QED) is 0.562. The first-order valence-electron chi connectivity index (χ1n) is 11.5. The summed E-state index contributed by atoms with van der Waals surface area (Å²) in [5.41, 5.74) is 1.88. The molecule has 2 aromatic carbocycles. The van der Waals surface area contributed by atoms with Crippen LogP contribution in [-0.4, -0.2) is 59.6 Å². The zero-order valence-corrected chi connectivity index (χ0v) is 20.1. The number of benzene rings is 2. The summed E-state index contributed by atoms with van der Waals surface area (Å²) in [7, 11) is 0. The van der Waals surface area contributed by atoms with Gasteiger partial charge in [0.1, 0.15) is 5.02 Å². The van der Waals surface area contributed by atoms with Crippen molar-refractivity contribution in [3.05, 3.63) is 75.7 Å². The van der Waals surface area contributed by atoms with Gasteiger partial charge in [-0.05, 0) is 36.8 Å². The van der Waals surface area contributed by atoms with Gasteiger partial charge in [0.15, 0.2) is 11.5 Å². The lowest BCUT2D eigenvalue weighted by Gasteiger charge is -2.38. The standard InChI is InChI=1S/C25H26ClN5O4/c1-17(24(32)27-14-18-7-8-21-22(13-18)35-16-34-21)29-9-11-30(12-10-29)20-15-28-31(25(33)23(20)26)19-5-3-2-4-6-19/h2-8,13,15,17H,9-12,14,16H2,1H3,(H,27,32)/t17-/m1/s1. The summed E-state index contributed by atoms with van der Waals surface area (Å²) in [6, 6.07) is 14.5. The molecule has 1 aromatic heterocycles. The minimum Gasteiger partial charge on any atom is -0.454 e. The third-order valence-electron chi connectivity index (χ3n) is 6.39. The highest BCUT2D eigenvalue weighted by molar-refractivity contribution is 6.33. The number of fused-ring (bicyclic) bond motifs is 1. The van der Waals surface area contributed by atoms with E-state index in [1.54, 1.807) is 6.20 Å². The molecule has 0 radical (unpaired) electrons. The van der Waals surface area contributed by atoms with Gasteiger partial charge in [0, 0.05) is 32.7 Å². The first-order chi connectivity index (χ1) is 17.0. The van der Waals surface area contributed by atoms with Gasteiger partial charge in [-0.25, -0.2) is 0 Å². The van der Waals surface area contributed by atoms with Crippen LogP contribution in [0.5, 0.6) is 11.5 Å². The maximum atomic E-state index is 12.8. The smallest absolute Gasteiger partial charge is 0.292 e. The van der Waals surface area contributed by atoms with Crippen LogP contribution in [-0.2, 0) is 11.3 Å². The number of carbonyl (C=O) groups excluding carboxylic acids is 1. The molecule has 5 rings (SSSR count). The van der Waals surface area contributed by atoms with E-state index in [1.807, 2.05) is 60.4 Å². The molecule has 1 saturated heterocycles. The molecule has 0 bridgehead atoms. The van der Waals surface area contributed by atoms with E-state index in [0.29, 0.717) is 49.8 Å². The molecule has 1 N–H and O–H groups in total. The highest BCUT2D eigenvalue weighted by Crippen LogP contribution is 2.32. The Morgan fingerprint density at radius 1 is 1.09 bits per heavy atom. The molecule has 2 aliphatic heterocycles. The average molecular weight is 496 g/mol. The first-order valence-corrected chi connectivity index (χ1v) is 11.9. The molecule has 0 aliphatic carbocycles. The summed E-state index contributed by atoms with van der Waals surface area (Å²) in [5.74, 6) is 1.38. The summed E-state index contributed by atoms with van der Waals surface area (Å²) >= 11 is 6.46. The summed E-state index contributed by atoms with van der Waals surface area (Å²) in [4.78, 5) is 29.7. The number of ether oxygens (including phenoxy) is 2. The van der Waals surface area contributed by atoms with Crippen LogP contribution in [0.15, 0.2) is 59.5 Å². The Balaban J connectivity index is 1.17. The van der Waals surface area contributed by atoms with E-state index in [-0.39, 0.29) is 29.3 Å². The Hall–Kier alpha value is -3.56. The molecule has 3 heterocycles. The van der Waals surface area contributed by atoms with E-state index in [9.17, 15) is 9.59 Å². The van der Waals surface area contributed by atoms with Gasteiger partial charge in [-0.1, -0.05) is 35.9 Å². The number of amides is 1. The summed E-state index contributed by atoms with van der Waals surface area (Å²) in [6.45, 7) is 5.14. The molecular weight excluding hydrogens is 470 g/mol. The van der Waals surface area contributed by atoms with Crippen LogP contribution in [0.2, 0.25) is 5.02 Å². The van der Waals surface area contributed by atoms with E-state index in [4.69, 9.17) is 21.1 Å². The van der Waals surface area contributed by atoms with Crippen LogP contribution in [0.1, 0.15) is 12.5 Å². The van der Waals surface area contributed by atoms with E-state index in [0.717, 1.165) is 11.3 Å². The SMILES string of the molecule is C[C@H](C(=O)NCc1ccc2c(c1)OCO2)N1CCN(c2cnn(-c3ccccc3)c(=O)c2Cl)CC1. The average Bonchev–Trinajstić information content (AvgIpc) is 3.37. The largest absolute Gasteiger partial charge is 0.454 e. The van der Waals surface area contributed by atoms with Crippen molar-refractivity contribution >= 4 is 23.2 Å². The number of piperazine rings is 1. The van der Waals surface area contributed by atoms with E-state index in [2.05, 4.69) is 15.3 Å². The molecule has 9 nitrogen and oxygen atoms in total. The van der Waals surface area contributed by atoms with Gasteiger partial charge in [-0.2, -0.15) is 9.78 Å². The lowest BCUT2D eigenvalue weighted by molar-refractivity contribution is -0.126. The zero-order valence-electron chi connectivity index (χ0n) is 19.3. The van der Waals surface area contributed by atoms with Crippen LogP contribution in [0, 0.1) is 0 Å². The maximum Gasteiger partial charge on any atom is 0.292 e. The topological polar surface area (TPSA) is 88.9 Å². The normalized spacial score (nSPS) is 16.2. The van der Waals surface area contributed by atoms with Crippen LogP contribution in [0.3, 0.4) is 0 Å². The molecule has 0 unspecified atom stereocenters. The minimum absolute atomic E-state index is 0.0405. The minimum atomic E-state index is -0.353. The third-order valence-corrected chi connectivity index (χ3v) is 6.74. The molecular formula is C25H26ClN5O4. The molecule has 182 valence electrons. The monoisotopic (exact) mass is 495 g/mol. The van der Waals surface area contributed by atoms with Gasteiger partial charge < -0.3 is 19.7 Å². The number of anilines is 1. The highest BCUT2D eigenvalue weighted by Gasteiger charge is 2.27. The summed E-state index contributed by atoms with van der Waals surface area (Å²) in [5, 5.41) is 7.47. The van der Waals surface area contributed by atoms with Crippen molar-refractivity contribution in [2.24, 2.45) is 0 Å². The van der Waals surface area contributed by atoms with Crippen molar-refractivity contribution in [2.45, 2.75) is 19.5 Å². The van der Waals surface area contributed by atoms with E-state index in [1.165, 1.54) is 4.68 Å². The predicted molar refractivity (Wildman–Crippen MR) is 133 cm³/mol. The lowest BCUT2D eigenvalue weighted by Crippen LogP contribution is -2.54. The van der Waals surface area contributed by atoms with Gasteiger partial charge in [0.05, 0.1) is 23.6 Å². The second-order valence-corrected chi connectivity index (χ2v) is 8.88. The number of nitrogens with zero attached hydrogens (tertiary/aromatic N) is 4. The fourth-order valence-electron chi connectivity index (χ4n) is 4.30. The molecule has 35 heavy (non-hydrogen) atoms. The molecule has 2 aliphatic rings. The van der Waals surface area contributed by atoms with E-state index >= 15 is 0 Å². The lowest BCUT2D eigenvalue weighted by atomic mass is 10.1. The molecule has 3 aromatic rings. The Morgan fingerprint density at radius 2 is 1.83 bits per heavy atom. The number of aromatic nitrogens is 2. The van der Waals surface area contributed by atoms with Crippen LogP contribution >= 0.6 is 11.6 Å². The first kappa shape index (κ1) is 23.2. The zero-order chi connectivity index (χ0) is 24.4.